The number of rotatable bonds is 13. The number of aromatic nitrogens is 3. The molecule has 0 unspecified atom stereocenters. The number of hydrogen-bond acceptors (Lipinski definition) is 8. The minimum atomic E-state index is -0.599. The second-order valence-corrected chi connectivity index (χ2v) is 14.5. The number of carbonyl (C=O) groups is 2. The van der Waals surface area contributed by atoms with Gasteiger partial charge in [0, 0.05) is 66.3 Å². The topological polar surface area (TPSA) is 122 Å². The first-order chi connectivity index (χ1) is 23.5. The van der Waals surface area contributed by atoms with E-state index in [-0.39, 0.29) is 23.2 Å². The van der Waals surface area contributed by atoms with E-state index in [1.807, 2.05) is 6.07 Å². The zero-order chi connectivity index (χ0) is 34.5. The van der Waals surface area contributed by atoms with Crippen LogP contribution in [-0.4, -0.2) is 70.8 Å². The van der Waals surface area contributed by atoms with E-state index in [1.54, 1.807) is 36.5 Å². The fourth-order valence-corrected chi connectivity index (χ4v) is 6.82. The zero-order valence-corrected chi connectivity index (χ0v) is 29.4. The third kappa shape index (κ3) is 8.60. The number of ketones is 1. The number of morpholine rings is 1. The lowest BCUT2D eigenvalue weighted by Crippen LogP contribution is -2.37. The first-order valence-electron chi connectivity index (χ1n) is 17.3. The van der Waals surface area contributed by atoms with E-state index in [4.69, 9.17) is 36.6 Å². The number of benzene rings is 2. The number of pyridine rings is 1. The van der Waals surface area contributed by atoms with Crippen molar-refractivity contribution in [2.75, 3.05) is 39.5 Å². The summed E-state index contributed by atoms with van der Waals surface area (Å²) in [5.74, 6) is 0.851. The monoisotopic (exact) mass is 687 g/mol. The summed E-state index contributed by atoms with van der Waals surface area (Å²) in [5, 5.41) is 6.00. The molecular weight excluding hydrogens is 642 g/mol. The van der Waals surface area contributed by atoms with Crippen molar-refractivity contribution >= 4 is 34.2 Å². The van der Waals surface area contributed by atoms with E-state index < -0.39 is 5.91 Å². The first-order valence-corrected chi connectivity index (χ1v) is 17.7. The summed E-state index contributed by atoms with van der Waals surface area (Å²) in [6, 6.07) is 12.9. The Hall–Kier alpha value is -3.99. The minimum Gasteiger partial charge on any atom is -0.493 e. The second-order valence-electron chi connectivity index (χ2n) is 14.1. The molecule has 0 bridgehead atoms. The number of Topliss-reactive ketones (excluding diaryl/α,β-unsaturated/α-hetero) is 1. The predicted octanol–water partition coefficient (Wildman–Crippen LogP) is 6.84. The minimum absolute atomic E-state index is 0.0772. The molecule has 4 aromatic rings. The van der Waals surface area contributed by atoms with Crippen molar-refractivity contribution in [2.24, 2.45) is 5.73 Å². The van der Waals surface area contributed by atoms with E-state index in [9.17, 15) is 9.59 Å². The Bertz CT molecular complexity index is 1800. The van der Waals surface area contributed by atoms with Gasteiger partial charge >= 0.3 is 0 Å². The van der Waals surface area contributed by atoms with Crippen LogP contribution < -0.4 is 15.2 Å². The van der Waals surface area contributed by atoms with Gasteiger partial charge in [0.25, 0.3) is 5.91 Å². The summed E-state index contributed by atoms with van der Waals surface area (Å²) >= 11 is 6.71. The van der Waals surface area contributed by atoms with E-state index in [0.717, 1.165) is 69.1 Å². The quantitative estimate of drug-likeness (QED) is 0.152. The Morgan fingerprint density at radius 3 is 2.51 bits per heavy atom. The van der Waals surface area contributed by atoms with Crippen LogP contribution in [0.25, 0.3) is 10.9 Å². The number of carbonyl (C=O) groups excluding carboxylic acids is 2. The van der Waals surface area contributed by atoms with Gasteiger partial charge in [-0.25, -0.2) is 0 Å². The van der Waals surface area contributed by atoms with Gasteiger partial charge in [-0.1, -0.05) is 51.3 Å². The number of hydrogen-bond donors (Lipinski definition) is 1. The van der Waals surface area contributed by atoms with Crippen molar-refractivity contribution in [3.05, 3.63) is 76.2 Å². The number of nitrogens with zero attached hydrogens (tertiary/aromatic N) is 4. The van der Waals surface area contributed by atoms with Gasteiger partial charge in [0.1, 0.15) is 23.0 Å². The van der Waals surface area contributed by atoms with Gasteiger partial charge in [0.2, 0.25) is 0 Å². The highest BCUT2D eigenvalue weighted by Crippen LogP contribution is 2.36. The van der Waals surface area contributed by atoms with Crippen LogP contribution in [0.4, 0.5) is 0 Å². The van der Waals surface area contributed by atoms with Gasteiger partial charge in [0.05, 0.1) is 42.6 Å². The molecule has 11 heteroatoms. The van der Waals surface area contributed by atoms with Gasteiger partial charge in [-0.05, 0) is 55.2 Å². The van der Waals surface area contributed by atoms with Gasteiger partial charge in [0.15, 0.2) is 0 Å². The van der Waals surface area contributed by atoms with Crippen molar-refractivity contribution in [3.8, 4) is 17.2 Å². The van der Waals surface area contributed by atoms with Crippen molar-refractivity contribution in [2.45, 2.75) is 77.2 Å². The number of amides is 1. The maximum atomic E-state index is 13.4. The average molecular weight is 688 g/mol. The molecular formula is C38H46ClN5O5. The smallest absolute Gasteiger partial charge is 0.252 e. The molecule has 49 heavy (non-hydrogen) atoms. The number of fused-ring (bicyclic) bond motifs is 1. The molecule has 1 saturated heterocycles. The molecule has 2 aliphatic rings. The van der Waals surface area contributed by atoms with Gasteiger partial charge in [-0.15, -0.1) is 0 Å². The molecule has 2 fully saturated rings. The molecule has 0 spiro atoms. The SMILES string of the molecule is CC(C)(C)c1cc(CC(=O)Cc2ccc(Oc3ccnc4cc(OCCCN5CCOCC5)c(C(N)=O)cc34)cc2Cl)n(C2CCCC2)n1. The largest absolute Gasteiger partial charge is 0.493 e. The Morgan fingerprint density at radius 2 is 1.80 bits per heavy atom. The summed E-state index contributed by atoms with van der Waals surface area (Å²) in [6.07, 6.45) is 7.54. The van der Waals surface area contributed by atoms with Crippen molar-refractivity contribution in [1.29, 1.82) is 0 Å². The van der Waals surface area contributed by atoms with Crippen LogP contribution in [-0.2, 0) is 27.8 Å². The molecule has 0 atom stereocenters. The van der Waals surface area contributed by atoms with E-state index in [0.29, 0.717) is 52.2 Å². The summed E-state index contributed by atoms with van der Waals surface area (Å²) in [4.78, 5) is 32.6. The third-order valence-electron chi connectivity index (χ3n) is 9.32. The summed E-state index contributed by atoms with van der Waals surface area (Å²) in [5.41, 5.74) is 9.24. The zero-order valence-electron chi connectivity index (χ0n) is 28.7. The van der Waals surface area contributed by atoms with Crippen LogP contribution >= 0.6 is 11.6 Å². The molecule has 3 heterocycles. The van der Waals surface area contributed by atoms with Crippen molar-refractivity contribution in [3.63, 3.8) is 0 Å². The van der Waals surface area contributed by atoms with Crippen LogP contribution in [0.2, 0.25) is 5.02 Å². The molecule has 1 aliphatic carbocycles. The van der Waals surface area contributed by atoms with Gasteiger partial charge in [-0.2, -0.15) is 5.10 Å². The molecule has 2 aromatic carbocycles. The summed E-state index contributed by atoms with van der Waals surface area (Å²) in [7, 11) is 0. The maximum absolute atomic E-state index is 13.4. The summed E-state index contributed by atoms with van der Waals surface area (Å²) in [6.45, 7) is 11.1. The Morgan fingerprint density at radius 1 is 1.02 bits per heavy atom. The highest BCUT2D eigenvalue weighted by molar-refractivity contribution is 6.31. The number of halogens is 1. The van der Waals surface area contributed by atoms with Crippen molar-refractivity contribution < 1.29 is 23.8 Å². The number of nitrogens with two attached hydrogens (primary N) is 1. The fraction of sp³-hybridized carbons (Fsp3) is 0.474. The number of primary amides is 1. The third-order valence-corrected chi connectivity index (χ3v) is 9.67. The molecule has 2 N–H and O–H groups in total. The predicted molar refractivity (Wildman–Crippen MR) is 190 cm³/mol. The van der Waals surface area contributed by atoms with Crippen LogP contribution in [0.3, 0.4) is 0 Å². The lowest BCUT2D eigenvalue weighted by Gasteiger charge is -2.26. The molecule has 260 valence electrons. The normalized spacial score (nSPS) is 15.9. The molecule has 1 aliphatic heterocycles. The molecule has 1 saturated carbocycles. The molecule has 2 aromatic heterocycles. The van der Waals surface area contributed by atoms with Crippen LogP contribution in [0, 0.1) is 0 Å². The highest BCUT2D eigenvalue weighted by Gasteiger charge is 2.26. The lowest BCUT2D eigenvalue weighted by molar-refractivity contribution is -0.117. The Kier molecular flexibility index (Phi) is 10.9. The lowest BCUT2D eigenvalue weighted by atomic mass is 9.92. The Balaban J connectivity index is 1.13. The van der Waals surface area contributed by atoms with Crippen LogP contribution in [0.5, 0.6) is 17.2 Å². The van der Waals surface area contributed by atoms with Gasteiger partial charge in [-0.3, -0.25) is 24.2 Å². The fourth-order valence-electron chi connectivity index (χ4n) is 6.58. The molecule has 0 radical (unpaired) electrons. The summed E-state index contributed by atoms with van der Waals surface area (Å²) < 4.78 is 19.8. The maximum Gasteiger partial charge on any atom is 0.252 e. The molecule has 10 nitrogen and oxygen atoms in total. The van der Waals surface area contributed by atoms with E-state index in [2.05, 4.69) is 41.4 Å². The molecule has 6 rings (SSSR count). The standard InChI is InChI=1S/C38H46ClN5O5/c1-38(2,3)36-21-27(44(42-36)26-7-4-5-8-26)20-28(45)19-25-9-10-29(22-32(25)39)49-34-11-12-41-33-24-35(31(37(40)46)23-30(33)34)48-16-6-13-43-14-17-47-18-15-43/h9-12,21-24,26H,4-8,13-20H2,1-3H3,(H2,40,46). The van der Waals surface area contributed by atoms with Crippen LogP contribution in [0.15, 0.2) is 48.7 Å². The highest BCUT2D eigenvalue weighted by atomic mass is 35.5. The van der Waals surface area contributed by atoms with Gasteiger partial charge < -0.3 is 19.9 Å². The second kappa shape index (κ2) is 15.3. The Labute approximate surface area is 292 Å². The average Bonchev–Trinajstić information content (AvgIpc) is 3.75. The number of ether oxygens (including phenoxy) is 3. The van der Waals surface area contributed by atoms with E-state index in [1.165, 1.54) is 12.8 Å². The van der Waals surface area contributed by atoms with Crippen molar-refractivity contribution in [1.82, 2.24) is 19.7 Å². The van der Waals surface area contributed by atoms with E-state index >= 15 is 0 Å². The first kappa shape index (κ1) is 34.9. The molecule has 1 amide bonds. The van der Waals surface area contributed by atoms with Crippen LogP contribution in [0.1, 0.15) is 86.2 Å².